The van der Waals surface area contributed by atoms with Gasteiger partial charge in [-0.25, -0.2) is 0 Å². The second-order valence-corrected chi connectivity index (χ2v) is 5.22. The monoisotopic (exact) mass is 238 g/mol. The Morgan fingerprint density at radius 3 is 3.00 bits per heavy atom. The highest BCUT2D eigenvalue weighted by Gasteiger charge is 2.19. The van der Waals surface area contributed by atoms with Crippen LogP contribution in [0.1, 0.15) is 24.1 Å². The third-order valence-corrected chi connectivity index (χ3v) is 3.48. The molecular formula is C12H18N2OS. The van der Waals surface area contributed by atoms with E-state index in [1.54, 1.807) is 11.3 Å². The van der Waals surface area contributed by atoms with E-state index < -0.39 is 0 Å². The van der Waals surface area contributed by atoms with Crippen LogP contribution in [0.2, 0.25) is 0 Å². The maximum absolute atomic E-state index is 11.5. The van der Waals surface area contributed by atoms with Crippen molar-refractivity contribution in [2.24, 2.45) is 0 Å². The van der Waals surface area contributed by atoms with Gasteiger partial charge >= 0.3 is 0 Å². The lowest BCUT2D eigenvalue weighted by molar-refractivity contribution is -0.120. The van der Waals surface area contributed by atoms with Gasteiger partial charge in [0, 0.05) is 17.5 Å². The Kier molecular flexibility index (Phi) is 4.36. The van der Waals surface area contributed by atoms with Crippen LogP contribution < -0.4 is 10.6 Å². The zero-order valence-electron chi connectivity index (χ0n) is 9.37. The van der Waals surface area contributed by atoms with Crippen LogP contribution in [0.3, 0.4) is 0 Å². The summed E-state index contributed by atoms with van der Waals surface area (Å²) in [5, 5.41) is 8.37. The summed E-state index contributed by atoms with van der Waals surface area (Å²) >= 11 is 1.63. The number of rotatable bonds is 7. The van der Waals surface area contributed by atoms with Gasteiger partial charge in [-0.15, -0.1) is 11.3 Å². The van der Waals surface area contributed by atoms with Gasteiger partial charge in [0.1, 0.15) is 0 Å². The summed E-state index contributed by atoms with van der Waals surface area (Å²) in [6.45, 7) is 1.80. The molecular weight excluding hydrogens is 220 g/mol. The van der Waals surface area contributed by atoms with Gasteiger partial charge in [0.15, 0.2) is 0 Å². The molecule has 1 amide bonds. The first kappa shape index (κ1) is 11.6. The van der Waals surface area contributed by atoms with Crippen LogP contribution in [0.4, 0.5) is 0 Å². The van der Waals surface area contributed by atoms with Crippen molar-refractivity contribution in [3.8, 4) is 0 Å². The average molecular weight is 238 g/mol. The van der Waals surface area contributed by atoms with Gasteiger partial charge in [-0.05, 0) is 37.3 Å². The van der Waals surface area contributed by atoms with Crippen molar-refractivity contribution in [3.05, 3.63) is 22.4 Å². The second kappa shape index (κ2) is 6.01. The molecule has 88 valence electrons. The summed E-state index contributed by atoms with van der Waals surface area (Å²) in [6, 6.07) is 4.74. The molecule has 1 saturated carbocycles. The van der Waals surface area contributed by atoms with Gasteiger partial charge in [-0.1, -0.05) is 6.07 Å². The van der Waals surface area contributed by atoms with Crippen molar-refractivity contribution in [1.82, 2.24) is 10.6 Å². The smallest absolute Gasteiger partial charge is 0.225 e. The summed E-state index contributed by atoms with van der Waals surface area (Å²) in [4.78, 5) is 12.6. The number of carbonyl (C=O) groups is 1. The Hall–Kier alpha value is -0.870. The van der Waals surface area contributed by atoms with Crippen molar-refractivity contribution in [3.63, 3.8) is 0 Å². The highest BCUT2D eigenvalue weighted by atomic mass is 32.1. The number of hydrogen-bond donors (Lipinski definition) is 2. The Morgan fingerprint density at radius 1 is 1.44 bits per heavy atom. The van der Waals surface area contributed by atoms with Gasteiger partial charge in [0.05, 0.1) is 6.42 Å². The lowest BCUT2D eigenvalue weighted by Gasteiger charge is -2.05. The summed E-state index contributed by atoms with van der Waals surface area (Å²) in [5.74, 6) is 0.133. The summed E-state index contributed by atoms with van der Waals surface area (Å²) in [6.07, 6.45) is 4.19. The van der Waals surface area contributed by atoms with E-state index in [1.165, 1.54) is 12.8 Å². The van der Waals surface area contributed by atoms with E-state index in [0.717, 1.165) is 30.4 Å². The highest BCUT2D eigenvalue weighted by Crippen LogP contribution is 2.18. The Morgan fingerprint density at radius 2 is 2.31 bits per heavy atom. The SMILES string of the molecule is O=C(Cc1cccs1)NCCCNC1CC1. The summed E-state index contributed by atoms with van der Waals surface area (Å²) in [5.41, 5.74) is 0. The van der Waals surface area contributed by atoms with Crippen molar-refractivity contribution in [1.29, 1.82) is 0 Å². The molecule has 2 rings (SSSR count). The molecule has 0 saturated heterocycles. The largest absolute Gasteiger partial charge is 0.356 e. The first-order valence-corrected chi connectivity index (χ1v) is 6.75. The molecule has 1 aliphatic rings. The standard InChI is InChI=1S/C12H18N2OS/c15-12(9-11-3-1-8-16-11)14-7-2-6-13-10-4-5-10/h1,3,8,10,13H,2,4-7,9H2,(H,14,15). The topological polar surface area (TPSA) is 41.1 Å². The average Bonchev–Trinajstić information content (AvgIpc) is 2.95. The third-order valence-electron chi connectivity index (χ3n) is 2.60. The Balaban J connectivity index is 1.50. The number of hydrogen-bond acceptors (Lipinski definition) is 3. The molecule has 0 aromatic carbocycles. The highest BCUT2D eigenvalue weighted by molar-refractivity contribution is 7.10. The molecule has 2 N–H and O–H groups in total. The van der Waals surface area contributed by atoms with Crippen molar-refractivity contribution in [2.45, 2.75) is 31.7 Å². The Bertz CT molecular complexity index is 320. The maximum Gasteiger partial charge on any atom is 0.225 e. The number of amides is 1. The van der Waals surface area contributed by atoms with Crippen molar-refractivity contribution >= 4 is 17.2 Å². The molecule has 3 nitrogen and oxygen atoms in total. The molecule has 0 bridgehead atoms. The van der Waals surface area contributed by atoms with Crippen LogP contribution in [0.25, 0.3) is 0 Å². The van der Waals surface area contributed by atoms with Crippen LogP contribution in [0.5, 0.6) is 0 Å². The van der Waals surface area contributed by atoms with E-state index in [-0.39, 0.29) is 5.91 Å². The van der Waals surface area contributed by atoms with Crippen molar-refractivity contribution < 1.29 is 4.79 Å². The molecule has 0 aliphatic heterocycles. The quantitative estimate of drug-likeness (QED) is 0.708. The molecule has 4 heteroatoms. The molecule has 0 radical (unpaired) electrons. The molecule has 0 atom stereocenters. The van der Waals surface area contributed by atoms with E-state index in [4.69, 9.17) is 0 Å². The minimum Gasteiger partial charge on any atom is -0.356 e. The molecule has 0 unspecified atom stereocenters. The van der Waals surface area contributed by atoms with E-state index in [9.17, 15) is 4.79 Å². The zero-order chi connectivity index (χ0) is 11.2. The molecule has 1 fully saturated rings. The normalized spacial score (nSPS) is 15.0. The van der Waals surface area contributed by atoms with Crippen LogP contribution in [-0.4, -0.2) is 25.0 Å². The van der Waals surface area contributed by atoms with Crippen LogP contribution in [0.15, 0.2) is 17.5 Å². The second-order valence-electron chi connectivity index (χ2n) is 4.19. The third kappa shape index (κ3) is 4.33. The predicted octanol–water partition coefficient (Wildman–Crippen LogP) is 1.55. The van der Waals surface area contributed by atoms with Gasteiger partial charge in [-0.3, -0.25) is 4.79 Å². The minimum absolute atomic E-state index is 0.133. The van der Waals surface area contributed by atoms with Crippen LogP contribution in [0, 0.1) is 0 Å². The van der Waals surface area contributed by atoms with E-state index in [1.807, 2.05) is 17.5 Å². The maximum atomic E-state index is 11.5. The fraction of sp³-hybridized carbons (Fsp3) is 0.583. The minimum atomic E-state index is 0.133. The first-order valence-electron chi connectivity index (χ1n) is 5.87. The molecule has 1 aliphatic carbocycles. The predicted molar refractivity (Wildman–Crippen MR) is 66.7 cm³/mol. The zero-order valence-corrected chi connectivity index (χ0v) is 10.2. The van der Waals surface area contributed by atoms with E-state index in [0.29, 0.717) is 6.42 Å². The molecule has 1 heterocycles. The lowest BCUT2D eigenvalue weighted by atomic mass is 10.3. The molecule has 1 aromatic rings. The van der Waals surface area contributed by atoms with E-state index in [2.05, 4.69) is 10.6 Å². The number of thiophene rings is 1. The van der Waals surface area contributed by atoms with Gasteiger partial charge in [0.2, 0.25) is 5.91 Å². The van der Waals surface area contributed by atoms with Crippen LogP contribution in [-0.2, 0) is 11.2 Å². The van der Waals surface area contributed by atoms with Gasteiger partial charge in [0.25, 0.3) is 0 Å². The first-order chi connectivity index (χ1) is 7.84. The molecule has 16 heavy (non-hydrogen) atoms. The van der Waals surface area contributed by atoms with Gasteiger partial charge in [-0.2, -0.15) is 0 Å². The number of carbonyl (C=O) groups excluding carboxylic acids is 1. The fourth-order valence-electron chi connectivity index (χ4n) is 1.54. The molecule has 1 aromatic heterocycles. The fourth-order valence-corrected chi connectivity index (χ4v) is 2.25. The van der Waals surface area contributed by atoms with Crippen LogP contribution >= 0.6 is 11.3 Å². The summed E-state index contributed by atoms with van der Waals surface area (Å²) < 4.78 is 0. The Labute approximate surface area is 100 Å². The molecule has 0 spiro atoms. The van der Waals surface area contributed by atoms with Crippen molar-refractivity contribution in [2.75, 3.05) is 13.1 Å². The lowest BCUT2D eigenvalue weighted by Crippen LogP contribution is -2.28. The van der Waals surface area contributed by atoms with E-state index >= 15 is 0 Å². The summed E-state index contributed by atoms with van der Waals surface area (Å²) in [7, 11) is 0. The number of nitrogens with one attached hydrogen (secondary N) is 2. The van der Waals surface area contributed by atoms with Gasteiger partial charge < -0.3 is 10.6 Å².